The van der Waals surface area contributed by atoms with Crippen LogP contribution in [-0.4, -0.2) is 53.2 Å². The van der Waals surface area contributed by atoms with Crippen LogP contribution in [0.15, 0.2) is 43.1 Å². The first kappa shape index (κ1) is 17.0. The van der Waals surface area contributed by atoms with Gasteiger partial charge in [0.2, 0.25) is 0 Å². The molecule has 0 aromatic carbocycles. The lowest BCUT2D eigenvalue weighted by Gasteiger charge is -2.28. The Hall–Kier alpha value is -3.88. The summed E-state index contributed by atoms with van der Waals surface area (Å²) >= 11 is 0. The molecule has 2 N–H and O–H groups in total. The molecule has 5 aromatic heterocycles. The van der Waals surface area contributed by atoms with Gasteiger partial charge in [-0.05, 0) is 31.4 Å². The minimum Gasteiger partial charge on any atom is -0.370 e. The number of H-pyrrole nitrogens is 2. The van der Waals surface area contributed by atoms with E-state index in [1.807, 2.05) is 12.3 Å². The first-order valence-corrected chi connectivity index (χ1v) is 10.1. The first-order valence-electron chi connectivity index (χ1n) is 10.1. The summed E-state index contributed by atoms with van der Waals surface area (Å²) in [5.41, 5.74) is 5.86. The van der Waals surface area contributed by atoms with E-state index in [9.17, 15) is 0 Å². The van der Waals surface area contributed by atoms with Crippen LogP contribution in [0.25, 0.3) is 45.0 Å². The molecular weight excluding hydrogens is 378 g/mol. The van der Waals surface area contributed by atoms with Crippen LogP contribution >= 0.6 is 0 Å². The number of piperidine rings is 1. The van der Waals surface area contributed by atoms with Crippen LogP contribution < -0.4 is 4.90 Å². The van der Waals surface area contributed by atoms with Crippen LogP contribution in [-0.2, 0) is 0 Å². The molecule has 1 aliphatic heterocycles. The largest absolute Gasteiger partial charge is 0.370 e. The second kappa shape index (κ2) is 6.87. The van der Waals surface area contributed by atoms with Crippen LogP contribution in [0, 0.1) is 0 Å². The van der Waals surface area contributed by atoms with Gasteiger partial charge in [0.25, 0.3) is 0 Å². The van der Waals surface area contributed by atoms with E-state index >= 15 is 0 Å². The van der Waals surface area contributed by atoms with E-state index < -0.39 is 0 Å². The smallest absolute Gasteiger partial charge is 0.181 e. The van der Waals surface area contributed by atoms with Crippen molar-refractivity contribution in [1.29, 1.82) is 0 Å². The molecule has 0 atom stereocenters. The molecule has 0 radical (unpaired) electrons. The maximum absolute atomic E-state index is 4.74. The summed E-state index contributed by atoms with van der Waals surface area (Å²) < 4.78 is 0. The van der Waals surface area contributed by atoms with Gasteiger partial charge in [0, 0.05) is 43.4 Å². The van der Waals surface area contributed by atoms with Gasteiger partial charge in [-0.25, -0.2) is 15.0 Å². The van der Waals surface area contributed by atoms with E-state index in [0.717, 1.165) is 46.6 Å². The molecule has 1 aliphatic rings. The Kier molecular flexibility index (Phi) is 3.90. The van der Waals surface area contributed by atoms with E-state index in [1.54, 1.807) is 24.8 Å². The van der Waals surface area contributed by atoms with Crippen LogP contribution in [0.1, 0.15) is 19.3 Å². The number of aromatic amines is 2. The maximum atomic E-state index is 4.74. The lowest BCUT2D eigenvalue weighted by Crippen LogP contribution is -2.29. The number of imidazole rings is 1. The van der Waals surface area contributed by atoms with Gasteiger partial charge in [-0.15, -0.1) is 0 Å². The van der Waals surface area contributed by atoms with Crippen LogP contribution in [0.4, 0.5) is 5.69 Å². The molecule has 9 heteroatoms. The lowest BCUT2D eigenvalue weighted by molar-refractivity contribution is 0.578. The summed E-state index contributed by atoms with van der Waals surface area (Å²) in [6.45, 7) is 2.12. The van der Waals surface area contributed by atoms with Gasteiger partial charge in [-0.2, -0.15) is 5.10 Å². The Morgan fingerprint density at radius 3 is 2.70 bits per heavy atom. The number of aromatic nitrogens is 8. The molecule has 6 heterocycles. The van der Waals surface area contributed by atoms with E-state index in [4.69, 9.17) is 4.98 Å². The Morgan fingerprint density at radius 1 is 0.900 bits per heavy atom. The molecule has 0 saturated carbocycles. The average Bonchev–Trinajstić information content (AvgIpc) is 3.43. The average molecular weight is 397 g/mol. The fourth-order valence-corrected chi connectivity index (χ4v) is 4.08. The highest BCUT2D eigenvalue weighted by Crippen LogP contribution is 2.31. The van der Waals surface area contributed by atoms with Crippen molar-refractivity contribution in [2.24, 2.45) is 0 Å². The minimum atomic E-state index is 0.627. The summed E-state index contributed by atoms with van der Waals surface area (Å²) in [4.78, 5) is 28.1. The topological polar surface area (TPSA) is 112 Å². The number of nitrogens with zero attached hydrogens (tertiary/aromatic N) is 7. The van der Waals surface area contributed by atoms with Gasteiger partial charge in [-0.3, -0.25) is 15.1 Å². The number of fused-ring (bicyclic) bond motifs is 2. The molecule has 0 spiro atoms. The molecule has 148 valence electrons. The van der Waals surface area contributed by atoms with Crippen molar-refractivity contribution in [3.8, 4) is 22.8 Å². The Morgan fingerprint density at radius 2 is 1.83 bits per heavy atom. The molecule has 5 aromatic rings. The predicted octanol–water partition coefficient (Wildman–Crippen LogP) is 3.34. The standard InChI is InChI=1S/C21H19N9/c1-2-8-30(9-3-1)16-4-5-24-20-18(16)26-21(27-20)17-14-10-13(11-25-19(14)29-28-17)15-12-22-6-7-23-15/h4-7,10-12H,1-3,8-9H2,(H,24,26,27)(H,25,28,29). The Balaban J connectivity index is 1.47. The SMILES string of the molecule is c1cnc(-c2cnc3n[nH]c(-c4nc5nccc(N6CCCCC6)c5[nH]4)c3c2)cn1. The van der Waals surface area contributed by atoms with Gasteiger partial charge >= 0.3 is 0 Å². The van der Waals surface area contributed by atoms with Crippen molar-refractivity contribution in [1.82, 2.24) is 40.1 Å². The third kappa shape index (κ3) is 2.78. The number of hydrogen-bond acceptors (Lipinski definition) is 7. The third-order valence-corrected chi connectivity index (χ3v) is 5.57. The molecule has 0 amide bonds. The highest BCUT2D eigenvalue weighted by molar-refractivity contribution is 5.94. The highest BCUT2D eigenvalue weighted by Gasteiger charge is 2.19. The molecular formula is C21H19N9. The van der Waals surface area contributed by atoms with E-state index in [1.165, 1.54) is 19.3 Å². The van der Waals surface area contributed by atoms with Crippen LogP contribution in [0.2, 0.25) is 0 Å². The molecule has 6 rings (SSSR count). The number of hydrogen-bond donors (Lipinski definition) is 2. The molecule has 0 bridgehead atoms. The molecule has 9 nitrogen and oxygen atoms in total. The second-order valence-corrected chi connectivity index (χ2v) is 7.45. The van der Waals surface area contributed by atoms with Crippen molar-refractivity contribution < 1.29 is 0 Å². The van der Waals surface area contributed by atoms with Crippen LogP contribution in [0.3, 0.4) is 0 Å². The zero-order chi connectivity index (χ0) is 19.9. The van der Waals surface area contributed by atoms with E-state index in [2.05, 4.69) is 46.1 Å². The number of pyridine rings is 2. The van der Waals surface area contributed by atoms with Gasteiger partial charge in [0.15, 0.2) is 17.1 Å². The van der Waals surface area contributed by atoms with Gasteiger partial charge in [0.05, 0.1) is 23.0 Å². The van der Waals surface area contributed by atoms with Gasteiger partial charge in [0.1, 0.15) is 11.2 Å². The monoisotopic (exact) mass is 397 g/mol. The van der Waals surface area contributed by atoms with Gasteiger partial charge < -0.3 is 9.88 Å². The zero-order valence-corrected chi connectivity index (χ0v) is 16.2. The predicted molar refractivity (Wildman–Crippen MR) is 114 cm³/mol. The van der Waals surface area contributed by atoms with E-state index in [0.29, 0.717) is 17.1 Å². The maximum Gasteiger partial charge on any atom is 0.181 e. The molecule has 30 heavy (non-hydrogen) atoms. The van der Waals surface area contributed by atoms with Crippen molar-refractivity contribution in [2.75, 3.05) is 18.0 Å². The summed E-state index contributed by atoms with van der Waals surface area (Å²) in [6, 6.07) is 4.08. The number of anilines is 1. The van der Waals surface area contributed by atoms with Crippen molar-refractivity contribution in [2.45, 2.75) is 19.3 Å². The summed E-state index contributed by atoms with van der Waals surface area (Å²) in [5.74, 6) is 0.697. The minimum absolute atomic E-state index is 0.627. The number of nitrogens with one attached hydrogen (secondary N) is 2. The molecule has 0 aliphatic carbocycles. The van der Waals surface area contributed by atoms with Crippen molar-refractivity contribution in [3.05, 3.63) is 43.1 Å². The van der Waals surface area contributed by atoms with Gasteiger partial charge in [-0.1, -0.05) is 0 Å². The molecule has 0 unspecified atom stereocenters. The molecule has 1 saturated heterocycles. The van der Waals surface area contributed by atoms with E-state index in [-0.39, 0.29) is 0 Å². The summed E-state index contributed by atoms with van der Waals surface area (Å²) in [5, 5.41) is 8.31. The Bertz CT molecular complexity index is 1330. The number of rotatable bonds is 3. The fourth-order valence-electron chi connectivity index (χ4n) is 4.08. The zero-order valence-electron chi connectivity index (χ0n) is 16.2. The summed E-state index contributed by atoms with van der Waals surface area (Å²) in [7, 11) is 0. The third-order valence-electron chi connectivity index (χ3n) is 5.57. The molecule has 1 fully saturated rings. The quantitative estimate of drug-likeness (QED) is 0.480. The summed E-state index contributed by atoms with van der Waals surface area (Å²) in [6.07, 6.45) is 12.3. The first-order chi connectivity index (χ1) is 14.9. The lowest BCUT2D eigenvalue weighted by atomic mass is 10.1. The van der Waals surface area contributed by atoms with Crippen molar-refractivity contribution in [3.63, 3.8) is 0 Å². The Labute approximate surface area is 171 Å². The van der Waals surface area contributed by atoms with Crippen LogP contribution in [0.5, 0.6) is 0 Å². The van der Waals surface area contributed by atoms with Crippen molar-refractivity contribution >= 4 is 27.9 Å². The second-order valence-electron chi connectivity index (χ2n) is 7.45. The highest BCUT2D eigenvalue weighted by atomic mass is 15.2. The fraction of sp³-hybridized carbons (Fsp3) is 0.238. The normalized spacial score (nSPS) is 14.6.